The van der Waals surface area contributed by atoms with E-state index in [9.17, 15) is 8.42 Å². The maximum atomic E-state index is 12.4. The minimum atomic E-state index is -3.36. The maximum absolute atomic E-state index is 12.4. The van der Waals surface area contributed by atoms with Crippen molar-refractivity contribution in [1.82, 2.24) is 4.72 Å². The van der Waals surface area contributed by atoms with E-state index in [1.807, 2.05) is 0 Å². The Kier molecular flexibility index (Phi) is 5.07. The van der Waals surface area contributed by atoms with Gasteiger partial charge in [-0.25, -0.2) is 13.1 Å². The molecule has 1 aromatic carbocycles. The number of benzene rings is 1. The highest BCUT2D eigenvalue weighted by Gasteiger charge is 2.34. The molecule has 0 aliphatic heterocycles. The van der Waals surface area contributed by atoms with Crippen molar-refractivity contribution in [1.29, 1.82) is 0 Å². The molecule has 2 N–H and O–H groups in total. The van der Waals surface area contributed by atoms with E-state index in [0.717, 1.165) is 24.8 Å². The van der Waals surface area contributed by atoms with Crippen molar-refractivity contribution in [2.45, 2.75) is 57.9 Å². The van der Waals surface area contributed by atoms with Crippen molar-refractivity contribution >= 4 is 10.0 Å². The van der Waals surface area contributed by atoms with Crippen molar-refractivity contribution < 1.29 is 13.5 Å². The van der Waals surface area contributed by atoms with Crippen LogP contribution in [0.3, 0.4) is 0 Å². The first kappa shape index (κ1) is 16.5. The number of hydrogen-bond donors (Lipinski definition) is 2. The van der Waals surface area contributed by atoms with E-state index in [-0.39, 0.29) is 23.8 Å². The number of nitrogens with one attached hydrogen (secondary N) is 1. The molecule has 4 nitrogen and oxygen atoms in total. The van der Waals surface area contributed by atoms with Gasteiger partial charge in [-0.05, 0) is 29.4 Å². The molecule has 2 rings (SSSR count). The van der Waals surface area contributed by atoms with Crippen LogP contribution in [0.4, 0.5) is 0 Å². The van der Waals surface area contributed by atoms with Gasteiger partial charge in [0.2, 0.25) is 10.0 Å². The van der Waals surface area contributed by atoms with Crippen molar-refractivity contribution in [3.63, 3.8) is 0 Å². The fourth-order valence-electron chi connectivity index (χ4n) is 3.01. The van der Waals surface area contributed by atoms with Gasteiger partial charge in [-0.3, -0.25) is 0 Å². The molecule has 0 heterocycles. The number of rotatable bonds is 5. The third-order valence-electron chi connectivity index (χ3n) is 4.36. The molecule has 118 valence electrons. The third kappa shape index (κ3) is 4.53. The zero-order chi connectivity index (χ0) is 15.5. The predicted molar refractivity (Wildman–Crippen MR) is 84.2 cm³/mol. The fraction of sp³-hybridized carbons (Fsp3) is 0.625. The van der Waals surface area contributed by atoms with E-state index in [1.54, 1.807) is 24.3 Å². The monoisotopic (exact) mass is 311 g/mol. The summed E-state index contributed by atoms with van der Waals surface area (Å²) < 4.78 is 27.6. The maximum Gasteiger partial charge on any atom is 0.216 e. The van der Waals surface area contributed by atoms with Gasteiger partial charge in [-0.1, -0.05) is 51.0 Å². The largest absolute Gasteiger partial charge is 0.392 e. The second kappa shape index (κ2) is 6.46. The van der Waals surface area contributed by atoms with Crippen LogP contribution in [0.25, 0.3) is 0 Å². The number of sulfonamides is 1. The number of aliphatic hydroxyl groups excluding tert-OH is 1. The lowest BCUT2D eigenvalue weighted by molar-refractivity contribution is 0.188. The summed E-state index contributed by atoms with van der Waals surface area (Å²) in [4.78, 5) is 0. The Labute approximate surface area is 127 Å². The van der Waals surface area contributed by atoms with Gasteiger partial charge in [0.25, 0.3) is 0 Å². The topological polar surface area (TPSA) is 66.4 Å². The van der Waals surface area contributed by atoms with Crippen LogP contribution >= 0.6 is 0 Å². The normalized spacial score (nSPS) is 22.1. The highest BCUT2D eigenvalue weighted by Crippen LogP contribution is 2.35. The first-order valence-electron chi connectivity index (χ1n) is 7.51. The van der Waals surface area contributed by atoms with E-state index in [1.165, 1.54) is 6.42 Å². The lowest BCUT2D eigenvalue weighted by atomic mass is 9.74. The smallest absolute Gasteiger partial charge is 0.216 e. The van der Waals surface area contributed by atoms with Crippen molar-refractivity contribution in [2.75, 3.05) is 0 Å². The lowest BCUT2D eigenvalue weighted by Gasteiger charge is -2.38. The van der Waals surface area contributed by atoms with E-state index >= 15 is 0 Å². The molecule has 1 aliphatic rings. The standard InChI is InChI=1S/C16H25NO3S/c1-16(2)9-4-3-8-15(16)17-21(19,20)12-14-7-5-6-13(10-14)11-18/h5-7,10,15,17-18H,3-4,8-9,11-12H2,1-2H3. The van der Waals surface area contributed by atoms with Gasteiger partial charge in [0.15, 0.2) is 0 Å². The summed E-state index contributed by atoms with van der Waals surface area (Å²) >= 11 is 0. The minimum Gasteiger partial charge on any atom is -0.392 e. The predicted octanol–water partition coefficient (Wildman–Crippen LogP) is 2.57. The molecule has 0 aromatic heterocycles. The van der Waals surface area contributed by atoms with E-state index in [0.29, 0.717) is 5.56 Å². The summed E-state index contributed by atoms with van der Waals surface area (Å²) in [5.41, 5.74) is 1.46. The quantitative estimate of drug-likeness (QED) is 0.878. The van der Waals surface area contributed by atoms with Crippen LogP contribution in [-0.2, 0) is 22.4 Å². The van der Waals surface area contributed by atoms with E-state index in [2.05, 4.69) is 18.6 Å². The van der Waals surface area contributed by atoms with Gasteiger partial charge >= 0.3 is 0 Å². The van der Waals surface area contributed by atoms with Gasteiger partial charge in [0.1, 0.15) is 0 Å². The molecular formula is C16H25NO3S. The molecule has 1 saturated carbocycles. The summed E-state index contributed by atoms with van der Waals surface area (Å²) in [5.74, 6) is -0.0343. The molecule has 5 heteroatoms. The fourth-order valence-corrected chi connectivity index (χ4v) is 4.58. The molecule has 1 fully saturated rings. The number of aliphatic hydroxyl groups is 1. The van der Waals surface area contributed by atoms with Crippen molar-refractivity contribution in [3.05, 3.63) is 35.4 Å². The molecule has 1 atom stereocenters. The highest BCUT2D eigenvalue weighted by atomic mass is 32.2. The Morgan fingerprint density at radius 3 is 2.67 bits per heavy atom. The van der Waals surface area contributed by atoms with Gasteiger partial charge < -0.3 is 5.11 Å². The van der Waals surface area contributed by atoms with Crippen LogP contribution in [0.15, 0.2) is 24.3 Å². The third-order valence-corrected chi connectivity index (χ3v) is 5.72. The van der Waals surface area contributed by atoms with Gasteiger partial charge in [-0.2, -0.15) is 0 Å². The SMILES string of the molecule is CC1(C)CCCCC1NS(=O)(=O)Cc1cccc(CO)c1. The van der Waals surface area contributed by atoms with Gasteiger partial charge in [-0.15, -0.1) is 0 Å². The molecule has 0 bridgehead atoms. The van der Waals surface area contributed by atoms with Crippen LogP contribution in [0.1, 0.15) is 50.7 Å². The van der Waals surface area contributed by atoms with Crippen LogP contribution in [0.5, 0.6) is 0 Å². The van der Waals surface area contributed by atoms with Gasteiger partial charge in [0, 0.05) is 6.04 Å². The van der Waals surface area contributed by atoms with Crippen LogP contribution in [0.2, 0.25) is 0 Å². The summed E-state index contributed by atoms with van der Waals surface area (Å²) in [5, 5.41) is 9.12. The Balaban J connectivity index is 2.07. The van der Waals surface area contributed by atoms with Crippen LogP contribution in [-0.4, -0.2) is 19.6 Å². The highest BCUT2D eigenvalue weighted by molar-refractivity contribution is 7.88. The van der Waals surface area contributed by atoms with E-state index < -0.39 is 10.0 Å². The van der Waals surface area contributed by atoms with Crippen molar-refractivity contribution in [3.8, 4) is 0 Å². The molecule has 0 spiro atoms. The Morgan fingerprint density at radius 2 is 2.00 bits per heavy atom. The Bertz CT molecular complexity index is 581. The Hall–Kier alpha value is -0.910. The second-order valence-electron chi connectivity index (χ2n) is 6.64. The molecule has 0 saturated heterocycles. The molecule has 21 heavy (non-hydrogen) atoms. The molecular weight excluding hydrogens is 286 g/mol. The zero-order valence-corrected chi connectivity index (χ0v) is 13.6. The number of hydrogen-bond acceptors (Lipinski definition) is 3. The first-order chi connectivity index (χ1) is 9.82. The molecule has 1 unspecified atom stereocenters. The minimum absolute atomic E-state index is 0.0114. The average molecular weight is 311 g/mol. The Morgan fingerprint density at radius 1 is 1.29 bits per heavy atom. The summed E-state index contributed by atoms with van der Waals surface area (Å²) in [7, 11) is -3.36. The van der Waals surface area contributed by atoms with Crippen LogP contribution in [0, 0.1) is 5.41 Å². The zero-order valence-electron chi connectivity index (χ0n) is 12.8. The van der Waals surface area contributed by atoms with E-state index in [4.69, 9.17) is 5.11 Å². The summed E-state index contributed by atoms with van der Waals surface area (Å²) in [6.07, 6.45) is 4.21. The molecule has 1 aliphatic carbocycles. The molecule has 0 amide bonds. The summed E-state index contributed by atoms with van der Waals surface area (Å²) in [6, 6.07) is 7.10. The summed E-state index contributed by atoms with van der Waals surface area (Å²) in [6.45, 7) is 4.19. The molecule has 0 radical (unpaired) electrons. The first-order valence-corrected chi connectivity index (χ1v) is 9.16. The molecule has 1 aromatic rings. The lowest BCUT2D eigenvalue weighted by Crippen LogP contribution is -2.47. The second-order valence-corrected chi connectivity index (χ2v) is 8.40. The van der Waals surface area contributed by atoms with Crippen LogP contribution < -0.4 is 4.72 Å². The van der Waals surface area contributed by atoms with Crippen molar-refractivity contribution in [2.24, 2.45) is 5.41 Å². The average Bonchev–Trinajstić information content (AvgIpc) is 2.40. The van der Waals surface area contributed by atoms with Gasteiger partial charge in [0.05, 0.1) is 12.4 Å².